The van der Waals surface area contributed by atoms with Crippen LogP contribution in [0.1, 0.15) is 161 Å². The molecule has 0 aliphatic rings. The summed E-state index contributed by atoms with van der Waals surface area (Å²) in [6.45, 7) is 36.3. The highest BCUT2D eigenvalue weighted by atomic mass is 35.5. The first kappa shape index (κ1) is 93.3. The number of rotatable bonds is 20. The van der Waals surface area contributed by atoms with Crippen LogP contribution >= 0.6 is 46.4 Å². The Morgan fingerprint density at radius 3 is 1.37 bits per heavy atom. The average Bonchev–Trinajstić information content (AvgIpc) is 1.70. The predicted octanol–water partition coefficient (Wildman–Crippen LogP) is 29.2. The summed E-state index contributed by atoms with van der Waals surface area (Å²) in [6, 6.07) is 51.7. The maximum atomic E-state index is 13.0. The van der Waals surface area contributed by atoms with E-state index in [0.29, 0.717) is 41.1 Å². The molecule has 0 amide bonds. The van der Waals surface area contributed by atoms with E-state index in [1.807, 2.05) is 168 Å². The van der Waals surface area contributed by atoms with E-state index >= 15 is 0 Å². The smallest absolute Gasteiger partial charge is 0.416 e. The lowest BCUT2D eigenvalue weighted by Crippen LogP contribution is -2.06. The molecule has 0 fully saturated rings. The van der Waals surface area contributed by atoms with Crippen LogP contribution in [0.3, 0.4) is 0 Å². The fourth-order valence-electron chi connectivity index (χ4n) is 7.88. The van der Waals surface area contributed by atoms with Gasteiger partial charge in [0, 0.05) is 44.0 Å². The van der Waals surface area contributed by atoms with Crippen LogP contribution in [0.5, 0.6) is 17.2 Å². The van der Waals surface area contributed by atoms with E-state index in [-0.39, 0.29) is 29.0 Å². The summed E-state index contributed by atoms with van der Waals surface area (Å²) in [7, 11) is 1.98. The second-order valence-electron chi connectivity index (χ2n) is 26.7. The quantitative estimate of drug-likeness (QED) is 0.0714. The summed E-state index contributed by atoms with van der Waals surface area (Å²) in [4.78, 5) is 0. The number of alkyl halides is 5. The first-order chi connectivity index (χ1) is 48.5. The highest BCUT2D eigenvalue weighted by Gasteiger charge is 2.32. The Kier molecular flexibility index (Phi) is 47.4. The molecular formula is C88H110Cl4F6N2O3. The zero-order chi connectivity index (χ0) is 77.6. The predicted molar refractivity (Wildman–Crippen MR) is 433 cm³/mol. The van der Waals surface area contributed by atoms with Crippen molar-refractivity contribution in [2.45, 2.75) is 137 Å². The number of para-hydroxylation sites is 1. The van der Waals surface area contributed by atoms with E-state index in [0.717, 1.165) is 67.7 Å². The minimum Gasteiger partial charge on any atom is -0.493 e. The molecule has 5 nitrogen and oxygen atoms in total. The van der Waals surface area contributed by atoms with E-state index in [9.17, 15) is 26.3 Å². The Morgan fingerprint density at radius 1 is 0.466 bits per heavy atom. The standard InChI is InChI=1S/C12H13ClF2O.C12H13F3.2C11H13Cl.C11H13F.C11H18N2.C10H13ClO.C10H14O/c1-8(2)11(13)7-9-3-5-10(6-4-9)16-12(14)15;1-9(2)7-8-10-5-3-4-6-11(10)12(13,14)15;1-9(2)3-4-10-5-7-11(12)8-6-10;2*1-9(2)7-8-10-5-3-4-6-11(10)12;1-8(2)6-7-11-9(3)12-13(5)10(11)4;1-8(2)7-12-10-5-3-4-9(11)6-10;1-9(2)8-11-10-6-4-3-5-7-10/h3-8,12H,1-2H3;3-9H,1-2H3;3*3-9H,1-2H3;6-8H,1-5H3;3-6,8H,7H2,1-2H3;3-7,9H,8H2,1-2H3/b11-7-;8-7+;4-3+;2*8-7+;7-6+;;. The summed E-state index contributed by atoms with van der Waals surface area (Å²) < 4.78 is 91.5. The van der Waals surface area contributed by atoms with Gasteiger partial charge in [0.25, 0.3) is 0 Å². The van der Waals surface area contributed by atoms with Gasteiger partial charge in [0.2, 0.25) is 0 Å². The van der Waals surface area contributed by atoms with Gasteiger partial charge in [0.15, 0.2) is 0 Å². The molecule has 0 saturated carbocycles. The van der Waals surface area contributed by atoms with Crippen LogP contribution in [0.2, 0.25) is 15.1 Å². The molecule has 0 spiro atoms. The maximum Gasteiger partial charge on any atom is 0.416 e. The van der Waals surface area contributed by atoms with Crippen molar-refractivity contribution < 1.29 is 40.6 Å². The molecule has 0 aliphatic carbocycles. The fourth-order valence-corrected chi connectivity index (χ4v) is 8.51. The lowest BCUT2D eigenvalue weighted by molar-refractivity contribution is -0.137. The fraction of sp³-hybridized carbons (Fsp3) is 0.352. The second kappa shape index (κ2) is 52.3. The van der Waals surface area contributed by atoms with Crippen LogP contribution in [0, 0.1) is 67.0 Å². The van der Waals surface area contributed by atoms with Crippen molar-refractivity contribution in [3.63, 3.8) is 0 Å². The lowest BCUT2D eigenvalue weighted by Gasteiger charge is -2.09. The first-order valence-corrected chi connectivity index (χ1v) is 36.3. The van der Waals surface area contributed by atoms with Crippen molar-refractivity contribution in [1.29, 1.82) is 0 Å². The Morgan fingerprint density at radius 2 is 0.903 bits per heavy atom. The molecule has 103 heavy (non-hydrogen) atoms. The summed E-state index contributed by atoms with van der Waals surface area (Å²) in [5, 5.41) is 7.40. The van der Waals surface area contributed by atoms with Crippen molar-refractivity contribution in [3.05, 3.63) is 283 Å². The molecule has 8 aromatic rings. The van der Waals surface area contributed by atoms with Gasteiger partial charge >= 0.3 is 12.8 Å². The van der Waals surface area contributed by atoms with Gasteiger partial charge < -0.3 is 14.2 Å². The summed E-state index contributed by atoms with van der Waals surface area (Å²) in [5.74, 6) is 5.65. The summed E-state index contributed by atoms with van der Waals surface area (Å²) >= 11 is 23.5. The van der Waals surface area contributed by atoms with Gasteiger partial charge in [-0.25, -0.2) is 4.39 Å². The van der Waals surface area contributed by atoms with Gasteiger partial charge in [-0.05, 0) is 162 Å². The van der Waals surface area contributed by atoms with E-state index < -0.39 is 18.4 Å². The van der Waals surface area contributed by atoms with E-state index in [1.54, 1.807) is 42.5 Å². The molecule has 0 bridgehead atoms. The Balaban J connectivity index is 0.000000590. The number of ether oxygens (including phenoxy) is 3. The van der Waals surface area contributed by atoms with Gasteiger partial charge in [-0.3, -0.25) is 4.68 Å². The molecule has 1 aromatic heterocycles. The Hall–Kier alpha value is -7.67. The zero-order valence-electron chi connectivity index (χ0n) is 63.6. The first-order valence-electron chi connectivity index (χ1n) is 34.8. The number of hydrogen-bond donors (Lipinski definition) is 0. The number of nitrogens with zero attached hydrogens (tertiary/aromatic N) is 2. The molecule has 0 radical (unpaired) electrons. The minimum atomic E-state index is -4.28. The summed E-state index contributed by atoms with van der Waals surface area (Å²) in [5.41, 5.74) is 7.05. The van der Waals surface area contributed by atoms with Gasteiger partial charge in [-0.15, -0.1) is 0 Å². The SMILES string of the molecule is CC(C)/C(Cl)=C/c1ccc(OC(F)F)cc1.CC(C)/C=C/c1ccc(Cl)cc1.CC(C)/C=C/c1ccccc1C(F)(F)F.CC(C)/C=C/c1ccccc1Cl.CC(C)/C=C/c1ccccc1F.CC(C)COc1cccc(Cl)c1.CC(C)COc1ccccc1.Cc1nn(C)c(C)c1/C=C/C(C)C. The third kappa shape index (κ3) is 45.9. The molecule has 0 unspecified atom stereocenters. The van der Waals surface area contributed by atoms with Gasteiger partial charge in [-0.1, -0.05) is 321 Å². The molecule has 0 aliphatic heterocycles. The third-order valence-corrected chi connectivity index (χ3v) is 14.9. The molecule has 560 valence electrons. The van der Waals surface area contributed by atoms with Crippen LogP contribution in [0.25, 0.3) is 36.5 Å². The van der Waals surface area contributed by atoms with Gasteiger partial charge in [0.05, 0.1) is 24.5 Å². The number of aryl methyl sites for hydroxylation is 2. The summed E-state index contributed by atoms with van der Waals surface area (Å²) in [6.07, 6.45) is 17.5. The van der Waals surface area contributed by atoms with Crippen molar-refractivity contribution in [1.82, 2.24) is 9.78 Å². The highest BCUT2D eigenvalue weighted by Crippen LogP contribution is 2.33. The number of hydrogen-bond acceptors (Lipinski definition) is 4. The van der Waals surface area contributed by atoms with E-state index in [4.69, 9.17) is 55.9 Å². The van der Waals surface area contributed by atoms with Gasteiger partial charge in [-0.2, -0.15) is 27.1 Å². The highest BCUT2D eigenvalue weighted by molar-refractivity contribution is 6.32. The lowest BCUT2D eigenvalue weighted by atomic mass is 10.0. The number of allylic oxidation sites excluding steroid dienone is 6. The van der Waals surface area contributed by atoms with E-state index in [1.165, 1.54) is 53.2 Å². The van der Waals surface area contributed by atoms with Crippen molar-refractivity contribution in [2.75, 3.05) is 13.2 Å². The molecular weight excluding hydrogens is 1390 g/mol. The van der Waals surface area contributed by atoms with Crippen LogP contribution in [0.4, 0.5) is 26.3 Å². The van der Waals surface area contributed by atoms with Crippen molar-refractivity contribution >= 4 is 82.9 Å². The van der Waals surface area contributed by atoms with Gasteiger partial charge in [0.1, 0.15) is 23.1 Å². The molecule has 8 rings (SSSR count). The normalized spacial score (nSPS) is 11.5. The second-order valence-corrected chi connectivity index (χ2v) is 28.4. The van der Waals surface area contributed by atoms with Crippen molar-refractivity contribution in [2.24, 2.45) is 54.4 Å². The van der Waals surface area contributed by atoms with Crippen LogP contribution in [-0.4, -0.2) is 29.6 Å². The van der Waals surface area contributed by atoms with Crippen molar-refractivity contribution in [3.8, 4) is 17.2 Å². The molecule has 0 saturated heterocycles. The zero-order valence-corrected chi connectivity index (χ0v) is 66.6. The Labute approximate surface area is 634 Å². The largest absolute Gasteiger partial charge is 0.493 e. The monoisotopic (exact) mass is 1500 g/mol. The third-order valence-electron chi connectivity index (χ3n) is 13.5. The minimum absolute atomic E-state index is 0.146. The number of halogens is 10. The van der Waals surface area contributed by atoms with E-state index in [2.05, 4.69) is 136 Å². The molecule has 0 N–H and O–H groups in total. The molecule has 15 heteroatoms. The van der Waals surface area contributed by atoms with Crippen LogP contribution in [-0.2, 0) is 13.2 Å². The number of aromatic nitrogens is 2. The Bertz CT molecular complexity index is 3700. The van der Waals surface area contributed by atoms with Crippen LogP contribution < -0.4 is 14.2 Å². The average molecular weight is 1500 g/mol. The molecule has 7 aromatic carbocycles. The maximum absolute atomic E-state index is 13.0. The molecule has 0 atom stereocenters. The molecule has 1 heterocycles. The van der Waals surface area contributed by atoms with Crippen LogP contribution in [0.15, 0.2) is 211 Å². The number of benzene rings is 7. The topological polar surface area (TPSA) is 45.5 Å².